The summed E-state index contributed by atoms with van der Waals surface area (Å²) in [5, 5.41) is 6.32. The lowest BCUT2D eigenvalue weighted by molar-refractivity contribution is 0.102. The van der Waals surface area contributed by atoms with Crippen molar-refractivity contribution in [3.63, 3.8) is 0 Å². The number of oxime groups is 1. The fourth-order valence-corrected chi connectivity index (χ4v) is 1.57. The highest BCUT2D eigenvalue weighted by Gasteiger charge is 2.05. The average molecular weight is 272 g/mol. The fraction of sp³-hybridized carbons (Fsp3) is 0.0667. The SMILES string of the molecule is CO/N=C/c1ccc(C(=O)Nc2ccc(F)cc2)cc1. The number of carbonyl (C=O) groups excluding carboxylic acids is 1. The molecule has 0 heterocycles. The van der Waals surface area contributed by atoms with E-state index in [1.807, 2.05) is 0 Å². The van der Waals surface area contributed by atoms with Crippen LogP contribution in [0.2, 0.25) is 0 Å². The molecule has 0 saturated carbocycles. The first-order valence-corrected chi connectivity index (χ1v) is 5.92. The summed E-state index contributed by atoms with van der Waals surface area (Å²) in [6.45, 7) is 0. The van der Waals surface area contributed by atoms with Crippen molar-refractivity contribution in [3.8, 4) is 0 Å². The van der Waals surface area contributed by atoms with Gasteiger partial charge in [-0.2, -0.15) is 0 Å². The zero-order valence-electron chi connectivity index (χ0n) is 10.8. The summed E-state index contributed by atoms with van der Waals surface area (Å²) >= 11 is 0. The molecule has 2 aromatic rings. The van der Waals surface area contributed by atoms with Crippen LogP contribution in [0.25, 0.3) is 0 Å². The molecule has 5 heteroatoms. The normalized spacial score (nSPS) is 10.5. The Morgan fingerprint density at radius 3 is 2.40 bits per heavy atom. The van der Waals surface area contributed by atoms with Crippen LogP contribution < -0.4 is 5.32 Å². The first-order valence-electron chi connectivity index (χ1n) is 5.92. The largest absolute Gasteiger partial charge is 0.399 e. The summed E-state index contributed by atoms with van der Waals surface area (Å²) in [5.41, 5.74) is 1.87. The summed E-state index contributed by atoms with van der Waals surface area (Å²) in [6, 6.07) is 12.5. The first kappa shape index (κ1) is 13.7. The van der Waals surface area contributed by atoms with Crippen molar-refractivity contribution in [1.82, 2.24) is 0 Å². The number of nitrogens with one attached hydrogen (secondary N) is 1. The molecule has 102 valence electrons. The van der Waals surface area contributed by atoms with Crippen LogP contribution >= 0.6 is 0 Å². The van der Waals surface area contributed by atoms with Gasteiger partial charge in [0.1, 0.15) is 12.9 Å². The minimum Gasteiger partial charge on any atom is -0.399 e. The molecule has 2 aromatic carbocycles. The van der Waals surface area contributed by atoms with Crippen LogP contribution in [0.3, 0.4) is 0 Å². The van der Waals surface area contributed by atoms with Gasteiger partial charge in [-0.1, -0.05) is 17.3 Å². The molecular weight excluding hydrogens is 259 g/mol. The van der Waals surface area contributed by atoms with Crippen molar-refractivity contribution in [2.45, 2.75) is 0 Å². The molecule has 1 N–H and O–H groups in total. The second-order valence-electron chi connectivity index (χ2n) is 4.00. The maximum absolute atomic E-state index is 12.8. The Bertz CT molecular complexity index is 607. The number of hydrogen-bond donors (Lipinski definition) is 1. The van der Waals surface area contributed by atoms with E-state index < -0.39 is 0 Å². The lowest BCUT2D eigenvalue weighted by Crippen LogP contribution is -2.11. The van der Waals surface area contributed by atoms with Crippen molar-refractivity contribution in [3.05, 3.63) is 65.5 Å². The monoisotopic (exact) mass is 272 g/mol. The smallest absolute Gasteiger partial charge is 0.255 e. The molecule has 0 saturated heterocycles. The highest BCUT2D eigenvalue weighted by Crippen LogP contribution is 2.11. The Hall–Kier alpha value is -2.69. The number of nitrogens with zero attached hydrogens (tertiary/aromatic N) is 1. The molecule has 20 heavy (non-hydrogen) atoms. The van der Waals surface area contributed by atoms with E-state index in [1.54, 1.807) is 30.5 Å². The molecule has 0 aliphatic heterocycles. The van der Waals surface area contributed by atoms with Gasteiger partial charge in [-0.3, -0.25) is 4.79 Å². The van der Waals surface area contributed by atoms with Crippen LogP contribution in [0.4, 0.5) is 10.1 Å². The molecule has 2 rings (SSSR count). The van der Waals surface area contributed by atoms with Crippen LogP contribution in [0.1, 0.15) is 15.9 Å². The molecule has 0 fully saturated rings. The second kappa shape index (κ2) is 6.47. The summed E-state index contributed by atoms with van der Waals surface area (Å²) in [7, 11) is 1.46. The van der Waals surface area contributed by atoms with E-state index in [0.29, 0.717) is 11.3 Å². The van der Waals surface area contributed by atoms with E-state index >= 15 is 0 Å². The number of anilines is 1. The summed E-state index contributed by atoms with van der Waals surface area (Å²) in [4.78, 5) is 16.5. The van der Waals surface area contributed by atoms with Crippen LogP contribution in [-0.4, -0.2) is 19.2 Å². The van der Waals surface area contributed by atoms with Crippen molar-refractivity contribution >= 4 is 17.8 Å². The quantitative estimate of drug-likeness (QED) is 0.687. The minimum absolute atomic E-state index is 0.258. The first-order chi connectivity index (χ1) is 9.69. The third-order valence-electron chi connectivity index (χ3n) is 2.58. The van der Waals surface area contributed by atoms with Crippen LogP contribution in [0, 0.1) is 5.82 Å². The highest BCUT2D eigenvalue weighted by molar-refractivity contribution is 6.04. The van der Waals surface area contributed by atoms with Gasteiger partial charge in [0, 0.05) is 11.3 Å². The van der Waals surface area contributed by atoms with Crippen molar-refractivity contribution < 1.29 is 14.0 Å². The maximum atomic E-state index is 12.8. The Kier molecular flexibility index (Phi) is 4.44. The van der Waals surface area contributed by atoms with E-state index in [1.165, 1.54) is 31.4 Å². The lowest BCUT2D eigenvalue weighted by Gasteiger charge is -2.05. The maximum Gasteiger partial charge on any atom is 0.255 e. The summed E-state index contributed by atoms with van der Waals surface area (Å²) < 4.78 is 12.8. The van der Waals surface area contributed by atoms with E-state index in [2.05, 4.69) is 15.3 Å². The summed E-state index contributed by atoms with van der Waals surface area (Å²) in [6.07, 6.45) is 1.54. The second-order valence-corrected chi connectivity index (χ2v) is 4.00. The zero-order valence-corrected chi connectivity index (χ0v) is 10.8. The Labute approximate surface area is 115 Å². The lowest BCUT2D eigenvalue weighted by atomic mass is 10.1. The number of amides is 1. The third kappa shape index (κ3) is 3.65. The number of benzene rings is 2. The van der Waals surface area contributed by atoms with Crippen molar-refractivity contribution in [1.29, 1.82) is 0 Å². The Morgan fingerprint density at radius 2 is 1.80 bits per heavy atom. The van der Waals surface area contributed by atoms with Crippen molar-refractivity contribution in [2.24, 2.45) is 5.16 Å². The Morgan fingerprint density at radius 1 is 1.15 bits per heavy atom. The van der Waals surface area contributed by atoms with Gasteiger partial charge in [0.05, 0.1) is 6.21 Å². The standard InChI is InChI=1S/C15H13FN2O2/c1-20-17-10-11-2-4-12(5-3-11)15(19)18-14-8-6-13(16)7-9-14/h2-10H,1H3,(H,18,19)/b17-10+. The number of hydrogen-bond acceptors (Lipinski definition) is 3. The van der Waals surface area contributed by atoms with E-state index in [4.69, 9.17) is 0 Å². The van der Waals surface area contributed by atoms with Gasteiger partial charge < -0.3 is 10.2 Å². The predicted octanol–water partition coefficient (Wildman–Crippen LogP) is 3.06. The van der Waals surface area contributed by atoms with Crippen LogP contribution in [-0.2, 0) is 4.84 Å². The molecule has 0 aliphatic rings. The number of rotatable bonds is 4. The predicted molar refractivity (Wildman–Crippen MR) is 75.4 cm³/mol. The molecule has 4 nitrogen and oxygen atoms in total. The van der Waals surface area contributed by atoms with Gasteiger partial charge in [0.15, 0.2) is 0 Å². The molecule has 0 unspecified atom stereocenters. The zero-order chi connectivity index (χ0) is 14.4. The Balaban J connectivity index is 2.05. The molecule has 0 aromatic heterocycles. The van der Waals surface area contributed by atoms with Gasteiger partial charge in [-0.25, -0.2) is 4.39 Å². The molecule has 0 atom stereocenters. The molecule has 0 radical (unpaired) electrons. The molecular formula is C15H13FN2O2. The average Bonchev–Trinajstić information content (AvgIpc) is 2.48. The van der Waals surface area contributed by atoms with Gasteiger partial charge in [-0.15, -0.1) is 0 Å². The van der Waals surface area contributed by atoms with Crippen LogP contribution in [0.15, 0.2) is 53.7 Å². The van der Waals surface area contributed by atoms with E-state index in [0.717, 1.165) is 5.56 Å². The molecule has 0 bridgehead atoms. The molecule has 0 aliphatic carbocycles. The number of halogens is 1. The van der Waals surface area contributed by atoms with Gasteiger partial charge >= 0.3 is 0 Å². The van der Waals surface area contributed by atoms with Gasteiger partial charge in [0.25, 0.3) is 5.91 Å². The van der Waals surface area contributed by atoms with Gasteiger partial charge in [0.2, 0.25) is 0 Å². The topological polar surface area (TPSA) is 50.7 Å². The third-order valence-corrected chi connectivity index (χ3v) is 2.58. The van der Waals surface area contributed by atoms with Crippen LogP contribution in [0.5, 0.6) is 0 Å². The van der Waals surface area contributed by atoms with Gasteiger partial charge in [-0.05, 0) is 42.0 Å². The highest BCUT2D eigenvalue weighted by atomic mass is 19.1. The molecule has 0 spiro atoms. The van der Waals surface area contributed by atoms with E-state index in [-0.39, 0.29) is 11.7 Å². The van der Waals surface area contributed by atoms with Crippen molar-refractivity contribution in [2.75, 3.05) is 12.4 Å². The summed E-state index contributed by atoms with van der Waals surface area (Å²) in [5.74, 6) is -0.600. The van der Waals surface area contributed by atoms with E-state index in [9.17, 15) is 9.18 Å². The molecule has 1 amide bonds. The number of carbonyl (C=O) groups is 1. The minimum atomic E-state index is -0.343. The fourth-order valence-electron chi connectivity index (χ4n) is 1.57.